The average Bonchev–Trinajstić information content (AvgIpc) is 2.04. The monoisotopic (exact) mass is 250 g/mol. The highest BCUT2D eigenvalue weighted by Crippen LogP contribution is 2.26. The molecule has 0 aromatic carbocycles. The van der Waals surface area contributed by atoms with Gasteiger partial charge in [0, 0.05) is 16.2 Å². The molecule has 0 bridgehead atoms. The molecule has 1 heterocycles. The van der Waals surface area contributed by atoms with Gasteiger partial charge in [-0.05, 0) is 22.0 Å². The minimum Gasteiger partial charge on any atom is -0.364 e. The van der Waals surface area contributed by atoms with Gasteiger partial charge in [0.15, 0.2) is 0 Å². The lowest BCUT2D eigenvalue weighted by molar-refractivity contribution is 0.0995. The van der Waals surface area contributed by atoms with Crippen molar-refractivity contribution >= 4 is 21.8 Å². The topological polar surface area (TPSA) is 56.0 Å². The Labute approximate surface area is 81.1 Å². The van der Waals surface area contributed by atoms with E-state index in [1.807, 2.05) is 0 Å². The van der Waals surface area contributed by atoms with Crippen LogP contribution in [0.2, 0.25) is 0 Å². The van der Waals surface area contributed by atoms with Gasteiger partial charge in [-0.15, -0.1) is 0 Å². The van der Waals surface area contributed by atoms with Gasteiger partial charge >= 0.3 is 0 Å². The summed E-state index contributed by atoms with van der Waals surface area (Å²) in [6.07, 6.45) is -1.53. The molecule has 1 amide bonds. The number of halogens is 3. The van der Waals surface area contributed by atoms with Crippen LogP contribution in [0.25, 0.3) is 0 Å². The van der Waals surface area contributed by atoms with Crippen LogP contribution in [-0.4, -0.2) is 10.9 Å². The third-order valence-corrected chi connectivity index (χ3v) is 2.04. The molecule has 0 aliphatic heterocycles. The summed E-state index contributed by atoms with van der Waals surface area (Å²) in [6, 6.07) is 0.969. The smallest absolute Gasteiger partial charge is 0.267 e. The van der Waals surface area contributed by atoms with Crippen molar-refractivity contribution in [1.29, 1.82) is 0 Å². The van der Waals surface area contributed by atoms with Crippen LogP contribution in [0, 0.1) is 0 Å². The maximum absolute atomic E-state index is 12.3. The Balaban J connectivity index is 3.19. The molecule has 3 nitrogen and oxygen atoms in total. The number of carbonyl (C=O) groups is 1. The summed E-state index contributed by atoms with van der Waals surface area (Å²) < 4.78 is 24.7. The number of nitrogens with two attached hydrogens (primary N) is 1. The first-order valence-electron chi connectivity index (χ1n) is 3.25. The highest BCUT2D eigenvalue weighted by molar-refractivity contribution is 9.10. The van der Waals surface area contributed by atoms with Crippen molar-refractivity contribution in [1.82, 2.24) is 4.98 Å². The number of primary amides is 1. The van der Waals surface area contributed by atoms with Crippen LogP contribution in [0.1, 0.15) is 22.5 Å². The Morgan fingerprint density at radius 2 is 2.23 bits per heavy atom. The molecule has 6 heteroatoms. The zero-order valence-corrected chi connectivity index (χ0v) is 7.88. The number of aromatic nitrogens is 1. The Bertz CT molecular complexity index is 343. The van der Waals surface area contributed by atoms with E-state index >= 15 is 0 Å². The lowest BCUT2D eigenvalue weighted by Crippen LogP contribution is -2.13. The number of alkyl halides is 2. The van der Waals surface area contributed by atoms with E-state index in [1.165, 1.54) is 0 Å². The van der Waals surface area contributed by atoms with E-state index < -0.39 is 12.3 Å². The lowest BCUT2D eigenvalue weighted by Gasteiger charge is -2.03. The second kappa shape index (κ2) is 3.78. The summed E-state index contributed by atoms with van der Waals surface area (Å²) in [6.45, 7) is 0. The molecule has 0 fully saturated rings. The molecule has 1 aromatic rings. The molecule has 2 N–H and O–H groups in total. The molecular weight excluding hydrogens is 246 g/mol. The van der Waals surface area contributed by atoms with Crippen molar-refractivity contribution in [2.75, 3.05) is 0 Å². The minimum atomic E-state index is -2.66. The highest BCUT2D eigenvalue weighted by atomic mass is 79.9. The van der Waals surface area contributed by atoms with Gasteiger partial charge in [-0.1, -0.05) is 0 Å². The fourth-order valence-corrected chi connectivity index (χ4v) is 1.15. The van der Waals surface area contributed by atoms with Gasteiger partial charge in [-0.3, -0.25) is 4.79 Å². The van der Waals surface area contributed by atoms with Crippen LogP contribution in [0.5, 0.6) is 0 Å². The van der Waals surface area contributed by atoms with E-state index in [9.17, 15) is 13.6 Å². The van der Waals surface area contributed by atoms with Crippen LogP contribution in [0.15, 0.2) is 16.7 Å². The van der Waals surface area contributed by atoms with E-state index in [0.29, 0.717) is 0 Å². The van der Waals surface area contributed by atoms with Crippen LogP contribution < -0.4 is 5.73 Å². The van der Waals surface area contributed by atoms with Gasteiger partial charge in [-0.25, -0.2) is 13.8 Å². The average molecular weight is 251 g/mol. The Morgan fingerprint density at radius 3 is 2.69 bits per heavy atom. The molecular formula is C7H5BrF2N2O. The molecule has 0 aliphatic rings. The van der Waals surface area contributed by atoms with Gasteiger partial charge < -0.3 is 5.73 Å². The van der Waals surface area contributed by atoms with Crippen molar-refractivity contribution in [2.45, 2.75) is 6.43 Å². The van der Waals surface area contributed by atoms with Gasteiger partial charge in [0.1, 0.15) is 5.69 Å². The maximum Gasteiger partial charge on any atom is 0.267 e. The molecule has 0 saturated heterocycles. The molecule has 0 saturated carbocycles. The van der Waals surface area contributed by atoms with E-state index in [-0.39, 0.29) is 15.7 Å². The number of carbonyl (C=O) groups excluding carboxylic acids is 1. The minimum absolute atomic E-state index is 0.160. The molecule has 0 unspecified atom stereocenters. The lowest BCUT2D eigenvalue weighted by atomic mass is 10.2. The van der Waals surface area contributed by atoms with E-state index in [4.69, 9.17) is 5.73 Å². The third-order valence-electron chi connectivity index (χ3n) is 1.37. The summed E-state index contributed by atoms with van der Waals surface area (Å²) >= 11 is 2.89. The zero-order chi connectivity index (χ0) is 10.0. The molecule has 1 aromatic heterocycles. The van der Waals surface area contributed by atoms with Crippen molar-refractivity contribution in [3.8, 4) is 0 Å². The second-order valence-corrected chi connectivity index (χ2v) is 3.11. The summed E-state index contributed by atoms with van der Waals surface area (Å²) in [5.41, 5.74) is 4.42. The van der Waals surface area contributed by atoms with Gasteiger partial charge in [0.25, 0.3) is 12.3 Å². The SMILES string of the molecule is NC(=O)c1cc(C(F)F)c(Br)cn1. The summed E-state index contributed by atoms with van der Waals surface area (Å²) in [7, 11) is 0. The summed E-state index contributed by atoms with van der Waals surface area (Å²) in [5, 5.41) is 0. The van der Waals surface area contributed by atoms with Crippen molar-refractivity contribution in [2.24, 2.45) is 5.73 Å². The zero-order valence-electron chi connectivity index (χ0n) is 6.30. The molecule has 0 radical (unpaired) electrons. The molecule has 13 heavy (non-hydrogen) atoms. The fourth-order valence-electron chi connectivity index (χ4n) is 0.756. The van der Waals surface area contributed by atoms with Crippen LogP contribution in [0.4, 0.5) is 8.78 Å². The Kier molecular flexibility index (Phi) is 2.92. The largest absolute Gasteiger partial charge is 0.364 e. The number of nitrogens with zero attached hydrogens (tertiary/aromatic N) is 1. The molecule has 0 atom stereocenters. The van der Waals surface area contributed by atoms with Gasteiger partial charge in [0.05, 0.1) is 0 Å². The molecule has 70 valence electrons. The standard InChI is InChI=1S/C7H5BrF2N2O/c8-4-2-12-5(7(11)13)1-3(4)6(9)10/h1-2,6H,(H2,11,13). The summed E-state index contributed by atoms with van der Waals surface area (Å²) in [5.74, 6) is -0.825. The fraction of sp³-hybridized carbons (Fsp3) is 0.143. The predicted octanol–water partition coefficient (Wildman–Crippen LogP) is 1.88. The van der Waals surface area contributed by atoms with Crippen molar-refractivity contribution in [3.05, 3.63) is 28.0 Å². The number of hydrogen-bond acceptors (Lipinski definition) is 2. The quantitative estimate of drug-likeness (QED) is 0.872. The van der Waals surface area contributed by atoms with Gasteiger partial charge in [-0.2, -0.15) is 0 Å². The van der Waals surface area contributed by atoms with E-state index in [2.05, 4.69) is 20.9 Å². The van der Waals surface area contributed by atoms with Crippen molar-refractivity contribution < 1.29 is 13.6 Å². The maximum atomic E-state index is 12.3. The summed E-state index contributed by atoms with van der Waals surface area (Å²) in [4.78, 5) is 14.2. The first kappa shape index (κ1) is 10.0. The van der Waals surface area contributed by atoms with E-state index in [0.717, 1.165) is 12.3 Å². The predicted molar refractivity (Wildman–Crippen MR) is 45.4 cm³/mol. The normalized spacial score (nSPS) is 10.5. The van der Waals surface area contributed by atoms with Gasteiger partial charge in [0.2, 0.25) is 0 Å². The number of rotatable bonds is 2. The number of amides is 1. The van der Waals surface area contributed by atoms with Crippen LogP contribution in [-0.2, 0) is 0 Å². The third kappa shape index (κ3) is 2.21. The Hall–Kier alpha value is -1.04. The first-order valence-corrected chi connectivity index (χ1v) is 4.05. The second-order valence-electron chi connectivity index (χ2n) is 2.26. The number of pyridine rings is 1. The van der Waals surface area contributed by atoms with Crippen molar-refractivity contribution in [3.63, 3.8) is 0 Å². The molecule has 0 spiro atoms. The van der Waals surface area contributed by atoms with E-state index in [1.54, 1.807) is 0 Å². The Morgan fingerprint density at radius 1 is 1.62 bits per heavy atom. The molecule has 0 aliphatic carbocycles. The first-order chi connectivity index (χ1) is 6.02. The van der Waals surface area contributed by atoms with Crippen LogP contribution in [0.3, 0.4) is 0 Å². The highest BCUT2D eigenvalue weighted by Gasteiger charge is 2.14. The number of hydrogen-bond donors (Lipinski definition) is 1. The molecule has 1 rings (SSSR count). The van der Waals surface area contributed by atoms with Crippen LogP contribution >= 0.6 is 15.9 Å².